The standard InChI is InChI=1S/C22H19ClF7N/c1-12(2)16-5-3-15(9-13(16)7-8-21(26,27)28)20(25)11-17(22(29,30)31)14-4-6-19(24)18(23)10-14/h3-6,9-11,17H,1,7-8,31H2,2H3/b20-11-. The van der Waals surface area contributed by atoms with Crippen LogP contribution in [0.4, 0.5) is 30.7 Å². The molecule has 0 aliphatic carbocycles. The van der Waals surface area contributed by atoms with Gasteiger partial charge < -0.3 is 0 Å². The van der Waals surface area contributed by atoms with Crippen LogP contribution in [0.5, 0.6) is 0 Å². The van der Waals surface area contributed by atoms with E-state index in [1.165, 1.54) is 12.1 Å². The molecule has 0 saturated heterocycles. The van der Waals surface area contributed by atoms with Crippen LogP contribution in [-0.2, 0) is 6.42 Å². The minimum absolute atomic E-state index is 0.173. The number of hydrogen-bond acceptors (Lipinski definition) is 1. The number of allylic oxidation sites excluding steroid dienone is 1. The Hall–Kier alpha value is -2.32. The van der Waals surface area contributed by atoms with Crippen LogP contribution in [0.2, 0.25) is 5.02 Å². The maximum atomic E-state index is 14.9. The fraction of sp³-hybridized carbons (Fsp3) is 0.273. The molecule has 0 fully saturated rings. The Kier molecular flexibility index (Phi) is 7.60. The largest absolute Gasteiger partial charge is 0.389 e. The van der Waals surface area contributed by atoms with Gasteiger partial charge in [-0.1, -0.05) is 42.0 Å². The fourth-order valence-electron chi connectivity index (χ4n) is 3.02. The van der Waals surface area contributed by atoms with Crippen molar-refractivity contribution in [3.05, 3.63) is 82.1 Å². The van der Waals surface area contributed by atoms with Crippen molar-refractivity contribution in [3.63, 3.8) is 0 Å². The summed E-state index contributed by atoms with van der Waals surface area (Å²) in [5.74, 6) is -3.97. The molecule has 168 valence electrons. The molecule has 1 nitrogen and oxygen atoms in total. The molecule has 31 heavy (non-hydrogen) atoms. The van der Waals surface area contributed by atoms with Crippen LogP contribution in [0.1, 0.15) is 41.5 Å². The molecule has 0 saturated carbocycles. The summed E-state index contributed by atoms with van der Waals surface area (Å²) < 4.78 is 94.1. The molecular formula is C22H19ClF7N. The zero-order chi connectivity index (χ0) is 23.6. The Morgan fingerprint density at radius 2 is 1.77 bits per heavy atom. The van der Waals surface area contributed by atoms with Crippen LogP contribution < -0.4 is 5.73 Å². The normalized spacial score (nSPS) is 13.9. The Bertz CT molecular complexity index is 990. The summed E-state index contributed by atoms with van der Waals surface area (Å²) in [6, 6.07) is 2.61. The van der Waals surface area contributed by atoms with Gasteiger partial charge in [0.05, 0.1) is 10.9 Å². The number of rotatable bonds is 7. The van der Waals surface area contributed by atoms with E-state index >= 15 is 0 Å². The fourth-order valence-corrected chi connectivity index (χ4v) is 3.21. The lowest BCUT2D eigenvalue weighted by Crippen LogP contribution is -2.35. The Labute approximate surface area is 180 Å². The first-order valence-corrected chi connectivity index (χ1v) is 9.41. The highest BCUT2D eigenvalue weighted by molar-refractivity contribution is 6.30. The van der Waals surface area contributed by atoms with Crippen molar-refractivity contribution in [3.8, 4) is 0 Å². The molecule has 0 amide bonds. The maximum absolute atomic E-state index is 14.9. The molecule has 1 atom stereocenters. The van der Waals surface area contributed by atoms with E-state index in [-0.39, 0.29) is 16.7 Å². The van der Waals surface area contributed by atoms with Gasteiger partial charge in [-0.05, 0) is 54.3 Å². The number of halogens is 8. The van der Waals surface area contributed by atoms with Gasteiger partial charge in [-0.25, -0.2) is 8.78 Å². The first kappa shape index (κ1) is 24.9. The lowest BCUT2D eigenvalue weighted by atomic mass is 9.92. The molecule has 0 bridgehead atoms. The average Bonchev–Trinajstić information content (AvgIpc) is 2.64. The van der Waals surface area contributed by atoms with E-state index in [1.54, 1.807) is 6.92 Å². The molecule has 2 aromatic rings. The molecule has 0 heterocycles. The maximum Gasteiger partial charge on any atom is 0.389 e. The van der Waals surface area contributed by atoms with Crippen molar-refractivity contribution in [1.82, 2.24) is 0 Å². The van der Waals surface area contributed by atoms with Crippen molar-refractivity contribution >= 4 is 23.0 Å². The van der Waals surface area contributed by atoms with Gasteiger partial charge >= 0.3 is 12.2 Å². The summed E-state index contributed by atoms with van der Waals surface area (Å²) in [4.78, 5) is 0. The summed E-state index contributed by atoms with van der Waals surface area (Å²) in [6.45, 7) is 5.28. The van der Waals surface area contributed by atoms with E-state index in [1.807, 2.05) is 0 Å². The zero-order valence-electron chi connectivity index (χ0n) is 16.3. The Balaban J connectivity index is 2.49. The molecular weight excluding hydrogens is 447 g/mol. The molecule has 9 heteroatoms. The highest BCUT2D eigenvalue weighted by atomic mass is 35.5. The van der Waals surface area contributed by atoms with E-state index in [0.29, 0.717) is 17.2 Å². The van der Waals surface area contributed by atoms with Crippen LogP contribution in [-0.4, -0.2) is 12.2 Å². The van der Waals surface area contributed by atoms with E-state index in [9.17, 15) is 30.7 Å². The lowest BCUT2D eigenvalue weighted by molar-refractivity contribution is -0.134. The summed E-state index contributed by atoms with van der Waals surface area (Å²) in [6.07, 6.45) is -5.46. The number of hydrogen-bond donors (Lipinski definition) is 1. The molecule has 0 aliphatic heterocycles. The molecule has 2 N–H and O–H groups in total. The molecule has 2 rings (SSSR count). The van der Waals surface area contributed by atoms with Crippen molar-refractivity contribution in [1.29, 1.82) is 0 Å². The topological polar surface area (TPSA) is 26.0 Å². The predicted molar refractivity (Wildman–Crippen MR) is 108 cm³/mol. The van der Waals surface area contributed by atoms with E-state index in [4.69, 9.17) is 17.3 Å². The van der Waals surface area contributed by atoms with Gasteiger partial charge in [0.1, 0.15) is 11.6 Å². The van der Waals surface area contributed by atoms with Crippen molar-refractivity contribution in [2.75, 3.05) is 0 Å². The highest BCUT2D eigenvalue weighted by Crippen LogP contribution is 2.36. The van der Waals surface area contributed by atoms with Gasteiger partial charge in [0.25, 0.3) is 0 Å². The van der Waals surface area contributed by atoms with Crippen molar-refractivity contribution in [2.24, 2.45) is 5.73 Å². The molecule has 0 aliphatic rings. The highest BCUT2D eigenvalue weighted by Gasteiger charge is 2.36. The van der Waals surface area contributed by atoms with Gasteiger partial charge in [0.15, 0.2) is 0 Å². The summed E-state index contributed by atoms with van der Waals surface area (Å²) >= 11 is 5.63. The van der Waals surface area contributed by atoms with Crippen LogP contribution in [0.15, 0.2) is 49.1 Å². The lowest BCUT2D eigenvalue weighted by Gasteiger charge is -2.21. The molecule has 0 radical (unpaired) electrons. The molecule has 1 unspecified atom stereocenters. The van der Waals surface area contributed by atoms with Crippen LogP contribution in [0.3, 0.4) is 0 Å². The Morgan fingerprint density at radius 3 is 2.29 bits per heavy atom. The second-order valence-corrected chi connectivity index (χ2v) is 7.51. The van der Waals surface area contributed by atoms with Gasteiger partial charge in [0.2, 0.25) is 0 Å². The predicted octanol–water partition coefficient (Wildman–Crippen LogP) is 7.65. The number of aryl methyl sites for hydroxylation is 1. The first-order valence-electron chi connectivity index (χ1n) is 9.04. The van der Waals surface area contributed by atoms with Crippen LogP contribution in [0.25, 0.3) is 11.4 Å². The monoisotopic (exact) mass is 465 g/mol. The average molecular weight is 466 g/mol. The van der Waals surface area contributed by atoms with Gasteiger partial charge in [-0.3, -0.25) is 5.73 Å². The quantitative estimate of drug-likeness (QED) is 0.330. The van der Waals surface area contributed by atoms with E-state index in [2.05, 4.69) is 6.58 Å². The van der Waals surface area contributed by atoms with E-state index in [0.717, 1.165) is 24.3 Å². The van der Waals surface area contributed by atoms with Crippen LogP contribution in [0, 0.1) is 5.82 Å². The van der Waals surface area contributed by atoms with Crippen molar-refractivity contribution in [2.45, 2.75) is 37.9 Å². The minimum Gasteiger partial charge on any atom is -0.271 e. The summed E-state index contributed by atoms with van der Waals surface area (Å²) in [5, 5.41) is -0.444. The molecule has 2 aromatic carbocycles. The smallest absolute Gasteiger partial charge is 0.271 e. The third-order valence-electron chi connectivity index (χ3n) is 4.55. The van der Waals surface area contributed by atoms with Gasteiger partial charge in [0, 0.05) is 12.0 Å². The second kappa shape index (κ2) is 9.44. The second-order valence-electron chi connectivity index (χ2n) is 7.11. The third kappa shape index (κ3) is 6.83. The number of alkyl halides is 5. The zero-order valence-corrected chi connectivity index (χ0v) is 17.1. The number of nitrogens with two attached hydrogens (primary N) is 1. The first-order chi connectivity index (χ1) is 14.2. The minimum atomic E-state index is -4.43. The molecule has 0 spiro atoms. The van der Waals surface area contributed by atoms with Gasteiger partial charge in [-0.2, -0.15) is 22.0 Å². The van der Waals surface area contributed by atoms with E-state index < -0.39 is 47.6 Å². The van der Waals surface area contributed by atoms with Crippen LogP contribution >= 0.6 is 11.6 Å². The number of benzene rings is 2. The Morgan fingerprint density at radius 1 is 1.13 bits per heavy atom. The summed E-state index contributed by atoms with van der Waals surface area (Å²) in [7, 11) is 0. The third-order valence-corrected chi connectivity index (χ3v) is 4.84. The SMILES string of the molecule is C=C(C)c1ccc(/C(F)=C/C(c2ccc(F)c(Cl)c2)C(N)(F)F)cc1CCC(F)(F)F. The summed E-state index contributed by atoms with van der Waals surface area (Å²) in [5.41, 5.74) is 5.52. The molecule has 0 aromatic heterocycles. The van der Waals surface area contributed by atoms with Gasteiger partial charge in [-0.15, -0.1) is 0 Å². The van der Waals surface area contributed by atoms with Crippen molar-refractivity contribution < 1.29 is 30.7 Å².